The number of benzene rings is 2. The van der Waals surface area contributed by atoms with Gasteiger partial charge in [-0.2, -0.15) is 0 Å². The number of nitrogens with one attached hydrogen (secondary N) is 2. The van der Waals surface area contributed by atoms with Crippen molar-refractivity contribution < 1.29 is 0 Å². The Bertz CT molecular complexity index is 653. The Hall–Kier alpha value is -1.58. The minimum atomic E-state index is 0.558. The Morgan fingerprint density at radius 2 is 1.70 bits per heavy atom. The van der Waals surface area contributed by atoms with Crippen LogP contribution in [0.5, 0.6) is 0 Å². The number of anilines is 2. The molecule has 0 aliphatic rings. The van der Waals surface area contributed by atoms with Crippen molar-refractivity contribution in [1.29, 1.82) is 0 Å². The third-order valence-electron chi connectivity index (χ3n) is 3.15. The molecule has 2 rings (SSSR count). The number of hydrogen-bond donors (Lipinski definition) is 2. The Morgan fingerprint density at radius 3 is 2.40 bits per heavy atom. The van der Waals surface area contributed by atoms with Crippen LogP contribution in [0.1, 0.15) is 16.7 Å². The molecule has 0 saturated carbocycles. The van der Waals surface area contributed by atoms with E-state index in [0.717, 1.165) is 27.5 Å². The molecule has 0 atom stereocenters. The first-order chi connectivity index (χ1) is 9.47. The van der Waals surface area contributed by atoms with Crippen molar-refractivity contribution in [3.8, 4) is 0 Å². The maximum absolute atomic E-state index is 6.10. The van der Waals surface area contributed by atoms with Gasteiger partial charge in [-0.25, -0.2) is 0 Å². The van der Waals surface area contributed by atoms with Crippen molar-refractivity contribution in [3.63, 3.8) is 0 Å². The lowest BCUT2D eigenvalue weighted by molar-refractivity contribution is 1.38. The lowest BCUT2D eigenvalue weighted by Gasteiger charge is -2.14. The van der Waals surface area contributed by atoms with Gasteiger partial charge in [-0.15, -0.1) is 0 Å². The zero-order valence-corrected chi connectivity index (χ0v) is 13.3. The Kier molecular flexibility index (Phi) is 4.63. The quantitative estimate of drug-likeness (QED) is 0.757. The molecule has 0 radical (unpaired) electrons. The Balaban J connectivity index is 2.11. The van der Waals surface area contributed by atoms with Crippen LogP contribution in [0, 0.1) is 20.8 Å². The van der Waals surface area contributed by atoms with E-state index in [-0.39, 0.29) is 0 Å². The minimum absolute atomic E-state index is 0.558. The number of rotatable bonds is 2. The normalized spacial score (nSPS) is 10.2. The summed E-state index contributed by atoms with van der Waals surface area (Å²) in [7, 11) is 0. The molecule has 20 heavy (non-hydrogen) atoms. The van der Waals surface area contributed by atoms with Crippen molar-refractivity contribution >= 4 is 40.3 Å². The molecule has 0 bridgehead atoms. The van der Waals surface area contributed by atoms with Gasteiger partial charge in [0.2, 0.25) is 0 Å². The summed E-state index contributed by atoms with van der Waals surface area (Å²) < 4.78 is 0. The summed E-state index contributed by atoms with van der Waals surface area (Å²) in [5.74, 6) is 0. The topological polar surface area (TPSA) is 24.1 Å². The summed E-state index contributed by atoms with van der Waals surface area (Å²) in [6, 6.07) is 11.9. The molecular weight excluding hydrogens is 288 g/mol. The Labute approximate surface area is 130 Å². The smallest absolute Gasteiger partial charge is 0.175 e. The van der Waals surface area contributed by atoms with E-state index in [0.29, 0.717) is 5.11 Å². The largest absolute Gasteiger partial charge is 0.332 e. The number of thiocarbonyl (C=S) groups is 1. The van der Waals surface area contributed by atoms with Crippen LogP contribution in [0.2, 0.25) is 5.02 Å². The highest BCUT2D eigenvalue weighted by atomic mass is 35.5. The maximum atomic E-state index is 6.10. The predicted octanol–water partition coefficient (Wildman–Crippen LogP) is 5.07. The third-order valence-corrected chi connectivity index (χ3v) is 3.76. The lowest BCUT2D eigenvalue weighted by Crippen LogP contribution is -2.20. The van der Waals surface area contributed by atoms with Crippen LogP contribution >= 0.6 is 23.8 Å². The highest BCUT2D eigenvalue weighted by Crippen LogP contribution is 2.23. The fraction of sp³-hybridized carbons (Fsp3) is 0.188. The number of halogens is 1. The molecule has 0 aliphatic carbocycles. The van der Waals surface area contributed by atoms with Gasteiger partial charge in [0.15, 0.2) is 5.11 Å². The first kappa shape index (κ1) is 14.8. The standard InChI is InChI=1S/C16H17ClN2S/c1-10-7-8-14(11(2)9-10)18-16(20)19-15-6-4-5-13(17)12(15)3/h4-9H,1-3H3,(H2,18,19,20). The van der Waals surface area contributed by atoms with E-state index in [9.17, 15) is 0 Å². The molecule has 0 unspecified atom stereocenters. The highest BCUT2D eigenvalue weighted by molar-refractivity contribution is 7.80. The molecule has 0 fully saturated rings. The zero-order valence-electron chi connectivity index (χ0n) is 11.8. The molecule has 104 valence electrons. The second-order valence-corrected chi connectivity index (χ2v) is 5.63. The van der Waals surface area contributed by atoms with E-state index in [1.54, 1.807) is 0 Å². The molecule has 0 heterocycles. The molecule has 2 N–H and O–H groups in total. The third kappa shape index (κ3) is 3.50. The lowest BCUT2D eigenvalue weighted by atomic mass is 10.1. The van der Waals surface area contributed by atoms with Gasteiger partial charge in [0.25, 0.3) is 0 Å². The zero-order chi connectivity index (χ0) is 14.7. The fourth-order valence-corrected chi connectivity index (χ4v) is 2.37. The van der Waals surface area contributed by atoms with Gasteiger partial charge in [-0.3, -0.25) is 0 Å². The van der Waals surface area contributed by atoms with Crippen LogP contribution in [0.25, 0.3) is 0 Å². The van der Waals surface area contributed by atoms with Gasteiger partial charge in [0, 0.05) is 16.4 Å². The summed E-state index contributed by atoms with van der Waals surface area (Å²) in [4.78, 5) is 0. The van der Waals surface area contributed by atoms with E-state index in [4.69, 9.17) is 23.8 Å². The molecule has 0 saturated heterocycles. The summed E-state index contributed by atoms with van der Waals surface area (Å²) in [5, 5.41) is 7.67. The van der Waals surface area contributed by atoms with Gasteiger partial charge in [0.1, 0.15) is 0 Å². The van der Waals surface area contributed by atoms with Crippen LogP contribution in [-0.2, 0) is 0 Å². The summed E-state index contributed by atoms with van der Waals surface area (Å²) in [6.07, 6.45) is 0. The SMILES string of the molecule is Cc1ccc(NC(=S)Nc2cccc(Cl)c2C)c(C)c1. The van der Waals surface area contributed by atoms with Crippen LogP contribution < -0.4 is 10.6 Å². The molecule has 0 amide bonds. The molecular formula is C16H17ClN2S. The highest BCUT2D eigenvalue weighted by Gasteiger charge is 2.05. The second kappa shape index (κ2) is 6.25. The minimum Gasteiger partial charge on any atom is -0.332 e. The maximum Gasteiger partial charge on any atom is 0.175 e. The molecule has 0 aromatic heterocycles. The summed E-state index contributed by atoms with van der Waals surface area (Å²) in [5.41, 5.74) is 5.31. The average molecular weight is 305 g/mol. The molecule has 2 aromatic rings. The molecule has 0 aliphatic heterocycles. The van der Waals surface area contributed by atoms with Gasteiger partial charge < -0.3 is 10.6 Å². The summed E-state index contributed by atoms with van der Waals surface area (Å²) in [6.45, 7) is 6.09. The predicted molar refractivity (Wildman–Crippen MR) is 91.9 cm³/mol. The first-order valence-electron chi connectivity index (χ1n) is 6.38. The van der Waals surface area contributed by atoms with Crippen molar-refractivity contribution in [3.05, 3.63) is 58.1 Å². The average Bonchev–Trinajstić information content (AvgIpc) is 2.38. The number of aryl methyl sites for hydroxylation is 2. The van der Waals surface area contributed by atoms with Gasteiger partial charge in [-0.1, -0.05) is 35.4 Å². The van der Waals surface area contributed by atoms with Gasteiger partial charge in [0.05, 0.1) is 0 Å². The van der Waals surface area contributed by atoms with Crippen molar-refractivity contribution in [2.45, 2.75) is 20.8 Å². The van der Waals surface area contributed by atoms with Crippen molar-refractivity contribution in [2.24, 2.45) is 0 Å². The number of hydrogen-bond acceptors (Lipinski definition) is 1. The molecule has 4 heteroatoms. The van der Waals surface area contributed by atoms with E-state index in [2.05, 4.69) is 36.6 Å². The Morgan fingerprint density at radius 1 is 1.00 bits per heavy atom. The molecule has 2 aromatic carbocycles. The van der Waals surface area contributed by atoms with Crippen LogP contribution in [0.15, 0.2) is 36.4 Å². The van der Waals surface area contributed by atoms with E-state index >= 15 is 0 Å². The van der Waals surface area contributed by atoms with E-state index < -0.39 is 0 Å². The van der Waals surface area contributed by atoms with Gasteiger partial charge in [-0.05, 0) is 62.3 Å². The van der Waals surface area contributed by atoms with Gasteiger partial charge >= 0.3 is 0 Å². The second-order valence-electron chi connectivity index (χ2n) is 4.81. The molecule has 2 nitrogen and oxygen atoms in total. The van der Waals surface area contributed by atoms with Crippen LogP contribution in [0.4, 0.5) is 11.4 Å². The van der Waals surface area contributed by atoms with Crippen LogP contribution in [0.3, 0.4) is 0 Å². The summed E-state index contributed by atoms with van der Waals surface area (Å²) >= 11 is 11.4. The van der Waals surface area contributed by atoms with Crippen molar-refractivity contribution in [1.82, 2.24) is 0 Å². The first-order valence-corrected chi connectivity index (χ1v) is 7.16. The van der Waals surface area contributed by atoms with E-state index in [1.807, 2.05) is 31.2 Å². The monoisotopic (exact) mass is 304 g/mol. The van der Waals surface area contributed by atoms with Crippen molar-refractivity contribution in [2.75, 3.05) is 10.6 Å². The molecule has 0 spiro atoms. The van der Waals surface area contributed by atoms with E-state index in [1.165, 1.54) is 5.56 Å². The fourth-order valence-electron chi connectivity index (χ4n) is 1.97. The van der Waals surface area contributed by atoms with Crippen LogP contribution in [-0.4, -0.2) is 5.11 Å².